The van der Waals surface area contributed by atoms with E-state index in [9.17, 15) is 18.3 Å². The van der Waals surface area contributed by atoms with Gasteiger partial charge in [-0.05, 0) is 30.7 Å². The van der Waals surface area contributed by atoms with Gasteiger partial charge in [0.05, 0.1) is 34.5 Å². The molecule has 0 unspecified atom stereocenters. The molecule has 1 aliphatic heterocycles. The molecule has 3 aromatic rings. The summed E-state index contributed by atoms with van der Waals surface area (Å²) < 4.78 is 38.8. The quantitative estimate of drug-likeness (QED) is 0.474. The van der Waals surface area contributed by atoms with E-state index in [2.05, 4.69) is 20.3 Å². The van der Waals surface area contributed by atoms with Gasteiger partial charge in [0.2, 0.25) is 0 Å². The lowest BCUT2D eigenvalue weighted by Gasteiger charge is -2.30. The number of pyridine rings is 1. The topological polar surface area (TPSA) is 94.4 Å². The number of benzene rings is 1. The summed E-state index contributed by atoms with van der Waals surface area (Å²) in [6.07, 6.45) is -2.24. The second kappa shape index (κ2) is 9.30. The van der Waals surface area contributed by atoms with Gasteiger partial charge < -0.3 is 20.4 Å². The molecule has 0 aliphatic carbocycles. The van der Waals surface area contributed by atoms with Crippen LogP contribution in [0, 0.1) is 0 Å². The Morgan fingerprint density at radius 3 is 2.58 bits per heavy atom. The van der Waals surface area contributed by atoms with Crippen molar-refractivity contribution < 1.29 is 23.4 Å². The van der Waals surface area contributed by atoms with Gasteiger partial charge in [-0.25, -0.2) is 15.0 Å². The monoisotopic (exact) mass is 499 g/mol. The van der Waals surface area contributed by atoms with Crippen LogP contribution in [0.1, 0.15) is 28.5 Å². The molecule has 1 aliphatic rings. The fraction of sp³-hybridized carbons (Fsp3) is 0.286. The third-order valence-corrected chi connectivity index (χ3v) is 5.84. The summed E-state index contributed by atoms with van der Waals surface area (Å²) in [4.78, 5) is 14.8. The van der Waals surface area contributed by atoms with Gasteiger partial charge in [-0.1, -0.05) is 23.2 Å². The Morgan fingerprint density at radius 1 is 1.12 bits per heavy atom. The Kier molecular flexibility index (Phi) is 6.62. The number of alkyl halides is 3. The molecule has 0 amide bonds. The Morgan fingerprint density at radius 2 is 1.91 bits per heavy atom. The minimum atomic E-state index is -4.53. The van der Waals surface area contributed by atoms with Crippen molar-refractivity contribution in [2.24, 2.45) is 0 Å². The third-order valence-electron chi connectivity index (χ3n) is 5.24. The number of aliphatic hydroxyl groups is 2. The van der Waals surface area contributed by atoms with Crippen LogP contribution in [-0.4, -0.2) is 38.3 Å². The molecule has 12 heteroatoms. The number of fused-ring (bicyclic) bond motifs is 1. The number of hydrogen-bond acceptors (Lipinski definition) is 7. The van der Waals surface area contributed by atoms with Gasteiger partial charge in [0.15, 0.2) is 0 Å². The Bertz CT molecular complexity index is 1180. The molecule has 7 nitrogen and oxygen atoms in total. The minimum Gasteiger partial charge on any atom is -0.393 e. The lowest BCUT2D eigenvalue weighted by Crippen LogP contribution is -2.32. The molecule has 0 bridgehead atoms. The fourth-order valence-corrected chi connectivity index (χ4v) is 4.15. The van der Waals surface area contributed by atoms with Crippen LogP contribution in [0.15, 0.2) is 36.8 Å². The molecule has 1 atom stereocenters. The number of nitrogens with zero attached hydrogens (tertiary/aromatic N) is 4. The molecule has 0 spiro atoms. The molecule has 3 N–H and O–H groups in total. The smallest absolute Gasteiger partial charge is 0.393 e. The van der Waals surface area contributed by atoms with E-state index in [1.807, 2.05) is 4.90 Å². The summed E-state index contributed by atoms with van der Waals surface area (Å²) in [5, 5.41) is 21.8. The average molecular weight is 500 g/mol. The van der Waals surface area contributed by atoms with Gasteiger partial charge in [0.1, 0.15) is 24.1 Å². The summed E-state index contributed by atoms with van der Waals surface area (Å²) >= 11 is 12.2. The lowest BCUT2D eigenvalue weighted by molar-refractivity contribution is -0.137. The highest BCUT2D eigenvalue weighted by molar-refractivity contribution is 6.33. The minimum absolute atomic E-state index is 0.329. The summed E-state index contributed by atoms with van der Waals surface area (Å²) in [6.45, 7) is 0.484. The standard InChI is InChI=1S/C21H18Cl2F3N5O2/c22-15-6-12(1-2-14(15)21(24,25)26)30-19-13-3-4-31(8-17(13)28-10-29-19)20-16(23)5-11(7-27-20)18(33)9-32/h1-2,5-7,10,18,32-33H,3-4,8-9H2,(H,28,29,30)/t18-/m1/s1. The summed E-state index contributed by atoms with van der Waals surface area (Å²) in [5.74, 6) is 0.995. The van der Waals surface area contributed by atoms with Gasteiger partial charge in [-0.15, -0.1) is 0 Å². The molecule has 4 rings (SSSR count). The predicted octanol–water partition coefficient (Wildman–Crippen LogP) is 4.53. The molecule has 2 aromatic heterocycles. The van der Waals surface area contributed by atoms with Gasteiger partial charge in [0, 0.05) is 29.6 Å². The van der Waals surface area contributed by atoms with E-state index in [-0.39, 0.29) is 0 Å². The molecule has 0 fully saturated rings. The zero-order chi connectivity index (χ0) is 23.8. The molecule has 33 heavy (non-hydrogen) atoms. The number of nitrogens with one attached hydrogen (secondary N) is 1. The molecule has 3 heterocycles. The highest BCUT2D eigenvalue weighted by Gasteiger charge is 2.33. The average Bonchev–Trinajstić information content (AvgIpc) is 2.77. The molecular weight excluding hydrogens is 482 g/mol. The number of anilines is 3. The highest BCUT2D eigenvalue weighted by Crippen LogP contribution is 2.37. The van der Waals surface area contributed by atoms with Crippen molar-refractivity contribution in [1.82, 2.24) is 15.0 Å². The Balaban J connectivity index is 1.55. The zero-order valence-electron chi connectivity index (χ0n) is 16.9. The van der Waals surface area contributed by atoms with Gasteiger partial charge >= 0.3 is 6.18 Å². The number of aliphatic hydroxyl groups excluding tert-OH is 2. The molecule has 0 radical (unpaired) electrons. The van der Waals surface area contributed by atoms with E-state index in [4.69, 9.17) is 28.3 Å². The normalized spacial score (nSPS) is 14.7. The first-order chi connectivity index (χ1) is 15.7. The Labute approximate surface area is 196 Å². The molecule has 0 saturated carbocycles. The van der Waals surface area contributed by atoms with E-state index >= 15 is 0 Å². The second-order valence-electron chi connectivity index (χ2n) is 7.41. The van der Waals surface area contributed by atoms with E-state index in [0.717, 1.165) is 11.6 Å². The first-order valence-electron chi connectivity index (χ1n) is 9.83. The third kappa shape index (κ3) is 4.98. The first kappa shape index (κ1) is 23.5. The summed E-state index contributed by atoms with van der Waals surface area (Å²) in [6, 6.07) is 4.98. The van der Waals surface area contributed by atoms with Gasteiger partial charge in [-0.2, -0.15) is 13.2 Å². The van der Waals surface area contributed by atoms with Crippen molar-refractivity contribution in [2.45, 2.75) is 25.2 Å². The van der Waals surface area contributed by atoms with E-state index in [0.29, 0.717) is 53.1 Å². The van der Waals surface area contributed by atoms with Crippen LogP contribution in [0.25, 0.3) is 0 Å². The van der Waals surface area contributed by atoms with Crippen LogP contribution in [0.3, 0.4) is 0 Å². The van der Waals surface area contributed by atoms with E-state index in [1.54, 1.807) is 6.07 Å². The van der Waals surface area contributed by atoms with Crippen molar-refractivity contribution in [2.75, 3.05) is 23.4 Å². The van der Waals surface area contributed by atoms with Gasteiger partial charge in [0.25, 0.3) is 0 Å². The SMILES string of the molecule is OC[C@@H](O)c1cnc(N2CCc3c(ncnc3Nc3ccc(C(F)(F)F)c(Cl)c3)C2)c(Cl)c1. The van der Waals surface area contributed by atoms with Crippen LogP contribution in [0.2, 0.25) is 10.0 Å². The second-order valence-corrected chi connectivity index (χ2v) is 8.22. The van der Waals surface area contributed by atoms with Crippen LogP contribution in [-0.2, 0) is 19.1 Å². The van der Waals surface area contributed by atoms with Gasteiger partial charge in [-0.3, -0.25) is 0 Å². The fourth-order valence-electron chi connectivity index (χ4n) is 3.57. The van der Waals surface area contributed by atoms with E-state index < -0.39 is 29.5 Å². The van der Waals surface area contributed by atoms with Crippen molar-refractivity contribution >= 4 is 40.5 Å². The predicted molar refractivity (Wildman–Crippen MR) is 118 cm³/mol. The molecule has 174 valence electrons. The van der Waals surface area contributed by atoms with Crippen LogP contribution >= 0.6 is 23.2 Å². The number of aromatic nitrogens is 3. The molecular formula is C21H18Cl2F3N5O2. The number of halogens is 5. The first-order valence-corrected chi connectivity index (χ1v) is 10.6. The van der Waals surface area contributed by atoms with Crippen molar-refractivity contribution in [3.05, 3.63) is 69.2 Å². The number of rotatable bonds is 5. The highest BCUT2D eigenvalue weighted by atomic mass is 35.5. The number of hydrogen-bond donors (Lipinski definition) is 3. The summed E-state index contributed by atoms with van der Waals surface area (Å²) in [7, 11) is 0. The van der Waals surface area contributed by atoms with Crippen molar-refractivity contribution in [3.8, 4) is 0 Å². The lowest BCUT2D eigenvalue weighted by atomic mass is 10.0. The van der Waals surface area contributed by atoms with E-state index in [1.165, 1.54) is 24.7 Å². The summed E-state index contributed by atoms with van der Waals surface area (Å²) in [5.41, 5.74) is 1.42. The Hall–Kier alpha value is -2.66. The maximum Gasteiger partial charge on any atom is 0.417 e. The zero-order valence-corrected chi connectivity index (χ0v) is 18.5. The van der Waals surface area contributed by atoms with Crippen molar-refractivity contribution in [3.63, 3.8) is 0 Å². The maximum absolute atomic E-state index is 12.9. The molecule has 1 aromatic carbocycles. The van der Waals surface area contributed by atoms with Crippen molar-refractivity contribution in [1.29, 1.82) is 0 Å². The van der Waals surface area contributed by atoms with Crippen LogP contribution in [0.5, 0.6) is 0 Å². The maximum atomic E-state index is 12.9. The largest absolute Gasteiger partial charge is 0.417 e. The van der Waals surface area contributed by atoms with Crippen LogP contribution in [0.4, 0.5) is 30.5 Å². The van der Waals surface area contributed by atoms with Crippen LogP contribution < -0.4 is 10.2 Å². The molecule has 0 saturated heterocycles.